The maximum atomic E-state index is 3.57. The van der Waals surface area contributed by atoms with Gasteiger partial charge in [-0.3, -0.25) is 0 Å². The molecule has 0 radical (unpaired) electrons. The Labute approximate surface area is 89.1 Å². The minimum absolute atomic E-state index is 0.689. The van der Waals surface area contributed by atoms with Crippen molar-refractivity contribution < 1.29 is 0 Å². The van der Waals surface area contributed by atoms with Gasteiger partial charge in [0.25, 0.3) is 0 Å². The highest BCUT2D eigenvalue weighted by molar-refractivity contribution is 4.76. The second kappa shape index (κ2) is 6.41. The Morgan fingerprint density at radius 3 is 2.71 bits per heavy atom. The molecular formula is C12H26N2. The third-order valence-corrected chi connectivity index (χ3v) is 2.97. The van der Waals surface area contributed by atoms with Crippen LogP contribution in [0.2, 0.25) is 0 Å². The zero-order valence-corrected chi connectivity index (χ0v) is 10.1. The standard InChI is InChI=1S/C12H26N2/c1-4-5-11(2)13-8-9-14(3)10-12-6-7-12/h11-13H,4-10H2,1-3H3. The monoisotopic (exact) mass is 198 g/mol. The summed E-state index contributed by atoms with van der Waals surface area (Å²) in [6.07, 6.45) is 5.51. The molecule has 1 fully saturated rings. The molecule has 0 aromatic carbocycles. The molecule has 1 rings (SSSR count). The first-order valence-electron chi connectivity index (χ1n) is 6.14. The summed E-state index contributed by atoms with van der Waals surface area (Å²) in [7, 11) is 2.24. The fourth-order valence-electron chi connectivity index (χ4n) is 1.87. The Morgan fingerprint density at radius 1 is 1.43 bits per heavy atom. The lowest BCUT2D eigenvalue weighted by Crippen LogP contribution is -2.34. The maximum Gasteiger partial charge on any atom is 0.0104 e. The molecular weight excluding hydrogens is 172 g/mol. The molecule has 0 aromatic rings. The highest BCUT2D eigenvalue weighted by Gasteiger charge is 2.22. The molecule has 1 N–H and O–H groups in total. The van der Waals surface area contributed by atoms with Gasteiger partial charge < -0.3 is 10.2 Å². The average molecular weight is 198 g/mol. The minimum atomic E-state index is 0.689. The summed E-state index contributed by atoms with van der Waals surface area (Å²) < 4.78 is 0. The SMILES string of the molecule is CCCC(C)NCCN(C)CC1CC1. The number of hydrogen-bond acceptors (Lipinski definition) is 2. The molecule has 2 heteroatoms. The van der Waals surface area contributed by atoms with E-state index in [-0.39, 0.29) is 0 Å². The van der Waals surface area contributed by atoms with E-state index < -0.39 is 0 Å². The van der Waals surface area contributed by atoms with Gasteiger partial charge in [-0.2, -0.15) is 0 Å². The molecule has 0 aliphatic heterocycles. The normalized spacial score (nSPS) is 18.9. The Bertz CT molecular complexity index is 143. The van der Waals surface area contributed by atoms with E-state index in [2.05, 4.69) is 31.1 Å². The van der Waals surface area contributed by atoms with E-state index in [1.165, 1.54) is 38.8 Å². The van der Waals surface area contributed by atoms with Gasteiger partial charge in [0.2, 0.25) is 0 Å². The fraction of sp³-hybridized carbons (Fsp3) is 1.00. The molecule has 14 heavy (non-hydrogen) atoms. The van der Waals surface area contributed by atoms with E-state index in [4.69, 9.17) is 0 Å². The van der Waals surface area contributed by atoms with Gasteiger partial charge in [-0.25, -0.2) is 0 Å². The fourth-order valence-corrected chi connectivity index (χ4v) is 1.87. The van der Waals surface area contributed by atoms with Crippen LogP contribution in [0.1, 0.15) is 39.5 Å². The van der Waals surface area contributed by atoms with E-state index in [9.17, 15) is 0 Å². The molecule has 0 spiro atoms. The van der Waals surface area contributed by atoms with Gasteiger partial charge in [0, 0.05) is 25.7 Å². The molecule has 1 unspecified atom stereocenters. The summed E-state index contributed by atoms with van der Waals surface area (Å²) in [5.41, 5.74) is 0. The van der Waals surface area contributed by atoms with Crippen LogP contribution in [0.4, 0.5) is 0 Å². The Morgan fingerprint density at radius 2 is 2.14 bits per heavy atom. The van der Waals surface area contributed by atoms with Crippen LogP contribution < -0.4 is 5.32 Å². The van der Waals surface area contributed by atoms with Crippen molar-refractivity contribution in [1.29, 1.82) is 0 Å². The zero-order chi connectivity index (χ0) is 10.4. The van der Waals surface area contributed by atoms with Crippen LogP contribution in [0.5, 0.6) is 0 Å². The summed E-state index contributed by atoms with van der Waals surface area (Å²) >= 11 is 0. The molecule has 0 heterocycles. The van der Waals surface area contributed by atoms with Crippen molar-refractivity contribution in [2.45, 2.75) is 45.6 Å². The minimum Gasteiger partial charge on any atom is -0.313 e. The predicted octanol–water partition coefficient (Wildman–Crippen LogP) is 2.11. The number of rotatable bonds is 8. The first-order valence-corrected chi connectivity index (χ1v) is 6.14. The zero-order valence-electron chi connectivity index (χ0n) is 10.1. The third kappa shape index (κ3) is 5.61. The molecule has 0 amide bonds. The van der Waals surface area contributed by atoms with E-state index in [0.29, 0.717) is 6.04 Å². The molecule has 0 bridgehead atoms. The highest BCUT2D eigenvalue weighted by Crippen LogP contribution is 2.29. The maximum absolute atomic E-state index is 3.57. The van der Waals surface area contributed by atoms with Crippen LogP contribution in [0.3, 0.4) is 0 Å². The van der Waals surface area contributed by atoms with Gasteiger partial charge in [-0.15, -0.1) is 0 Å². The van der Waals surface area contributed by atoms with Crippen LogP contribution in [0.15, 0.2) is 0 Å². The van der Waals surface area contributed by atoms with Crippen LogP contribution in [0, 0.1) is 5.92 Å². The highest BCUT2D eigenvalue weighted by atomic mass is 15.1. The Balaban J connectivity index is 1.90. The van der Waals surface area contributed by atoms with Gasteiger partial charge >= 0.3 is 0 Å². The van der Waals surface area contributed by atoms with Crippen molar-refractivity contribution in [3.8, 4) is 0 Å². The summed E-state index contributed by atoms with van der Waals surface area (Å²) in [5, 5.41) is 3.57. The predicted molar refractivity (Wildman–Crippen MR) is 62.6 cm³/mol. The first kappa shape index (κ1) is 12.0. The first-order chi connectivity index (χ1) is 6.72. The lowest BCUT2D eigenvalue weighted by Gasteiger charge is -2.18. The lowest BCUT2D eigenvalue weighted by molar-refractivity contribution is 0.311. The lowest BCUT2D eigenvalue weighted by atomic mass is 10.2. The largest absolute Gasteiger partial charge is 0.313 e. The van der Waals surface area contributed by atoms with Gasteiger partial charge in [0.15, 0.2) is 0 Å². The average Bonchev–Trinajstić information content (AvgIpc) is 2.88. The van der Waals surface area contributed by atoms with Crippen LogP contribution in [-0.2, 0) is 0 Å². The Hall–Kier alpha value is -0.0800. The number of likely N-dealkylation sites (N-methyl/N-ethyl adjacent to an activating group) is 1. The molecule has 1 saturated carbocycles. The summed E-state index contributed by atoms with van der Waals surface area (Å²) in [5.74, 6) is 1.02. The van der Waals surface area contributed by atoms with Crippen molar-refractivity contribution in [3.05, 3.63) is 0 Å². The summed E-state index contributed by atoms with van der Waals surface area (Å²) in [4.78, 5) is 2.46. The van der Waals surface area contributed by atoms with E-state index in [1.54, 1.807) is 0 Å². The van der Waals surface area contributed by atoms with Gasteiger partial charge in [-0.05, 0) is 39.2 Å². The molecule has 1 atom stereocenters. The van der Waals surface area contributed by atoms with Gasteiger partial charge in [0.1, 0.15) is 0 Å². The molecule has 1 aliphatic carbocycles. The summed E-state index contributed by atoms with van der Waals surface area (Å²) in [6.45, 7) is 8.18. The van der Waals surface area contributed by atoms with Crippen LogP contribution >= 0.6 is 0 Å². The van der Waals surface area contributed by atoms with Crippen molar-refractivity contribution in [2.75, 3.05) is 26.7 Å². The van der Waals surface area contributed by atoms with Crippen LogP contribution in [-0.4, -0.2) is 37.6 Å². The smallest absolute Gasteiger partial charge is 0.0104 e. The summed E-state index contributed by atoms with van der Waals surface area (Å²) in [6, 6.07) is 0.689. The van der Waals surface area contributed by atoms with Gasteiger partial charge in [-0.1, -0.05) is 13.3 Å². The second-order valence-electron chi connectivity index (χ2n) is 4.85. The van der Waals surface area contributed by atoms with E-state index in [0.717, 1.165) is 12.5 Å². The molecule has 0 aromatic heterocycles. The molecule has 84 valence electrons. The topological polar surface area (TPSA) is 15.3 Å². The molecule has 2 nitrogen and oxygen atoms in total. The molecule has 0 saturated heterocycles. The van der Waals surface area contributed by atoms with E-state index in [1.807, 2.05) is 0 Å². The van der Waals surface area contributed by atoms with Crippen molar-refractivity contribution in [1.82, 2.24) is 10.2 Å². The number of hydrogen-bond donors (Lipinski definition) is 1. The van der Waals surface area contributed by atoms with Crippen LogP contribution in [0.25, 0.3) is 0 Å². The van der Waals surface area contributed by atoms with Crippen molar-refractivity contribution in [2.24, 2.45) is 5.92 Å². The third-order valence-electron chi connectivity index (χ3n) is 2.97. The van der Waals surface area contributed by atoms with E-state index >= 15 is 0 Å². The Kier molecular flexibility index (Phi) is 5.49. The number of nitrogens with zero attached hydrogens (tertiary/aromatic N) is 1. The van der Waals surface area contributed by atoms with Crippen molar-refractivity contribution >= 4 is 0 Å². The number of nitrogens with one attached hydrogen (secondary N) is 1. The second-order valence-corrected chi connectivity index (χ2v) is 4.85. The van der Waals surface area contributed by atoms with Crippen molar-refractivity contribution in [3.63, 3.8) is 0 Å². The van der Waals surface area contributed by atoms with Gasteiger partial charge in [0.05, 0.1) is 0 Å². The molecule has 1 aliphatic rings. The quantitative estimate of drug-likeness (QED) is 0.642.